The van der Waals surface area contributed by atoms with Crippen molar-refractivity contribution in [3.8, 4) is 5.75 Å². The number of nitrogens with zero attached hydrogens (tertiary/aromatic N) is 2. The van der Waals surface area contributed by atoms with Gasteiger partial charge in [0, 0.05) is 24.5 Å². The first kappa shape index (κ1) is 16.2. The van der Waals surface area contributed by atoms with Crippen molar-refractivity contribution in [1.29, 1.82) is 0 Å². The summed E-state index contributed by atoms with van der Waals surface area (Å²) in [4.78, 5) is 29.8. The molecule has 1 aliphatic heterocycles. The highest BCUT2D eigenvalue weighted by Gasteiger charge is 2.29. The first-order valence-electron chi connectivity index (χ1n) is 8.20. The average molecular weight is 327 g/mol. The second-order valence-electron chi connectivity index (χ2n) is 5.84. The maximum Gasteiger partial charge on any atom is 0.242 e. The van der Waals surface area contributed by atoms with Crippen LogP contribution in [0, 0.1) is 0 Å². The van der Waals surface area contributed by atoms with Gasteiger partial charge in [0.15, 0.2) is 0 Å². The van der Waals surface area contributed by atoms with Crippen molar-refractivity contribution in [1.82, 2.24) is 15.2 Å². The molecule has 126 valence electrons. The number of carbonyl (C=O) groups excluding carboxylic acids is 2. The lowest BCUT2D eigenvalue weighted by atomic mass is 10.2. The van der Waals surface area contributed by atoms with E-state index in [1.807, 2.05) is 30.3 Å². The summed E-state index contributed by atoms with van der Waals surface area (Å²) in [7, 11) is 0. The molecule has 2 amide bonds. The number of ether oxygens (including phenoxy) is 1. The Morgan fingerprint density at radius 1 is 1.38 bits per heavy atom. The molecule has 0 spiro atoms. The van der Waals surface area contributed by atoms with Crippen molar-refractivity contribution in [2.24, 2.45) is 0 Å². The zero-order chi connectivity index (χ0) is 16.9. The third kappa shape index (κ3) is 3.48. The monoisotopic (exact) mass is 327 g/mol. The molecule has 1 aliphatic rings. The van der Waals surface area contributed by atoms with Crippen LogP contribution in [0.15, 0.2) is 36.5 Å². The number of nitrogens with one attached hydrogen (secondary N) is 1. The SMILES string of the molecule is CC(C(=O)NCCOc1cccc2cccnc12)N1CCCC1=O. The summed E-state index contributed by atoms with van der Waals surface area (Å²) < 4.78 is 5.74. The van der Waals surface area contributed by atoms with Gasteiger partial charge in [0.2, 0.25) is 11.8 Å². The quantitative estimate of drug-likeness (QED) is 0.821. The first-order chi connectivity index (χ1) is 11.7. The molecule has 1 N–H and O–H groups in total. The Labute approximate surface area is 140 Å². The number of fused-ring (bicyclic) bond motifs is 1. The van der Waals surface area contributed by atoms with E-state index in [0.717, 1.165) is 17.3 Å². The Balaban J connectivity index is 1.50. The van der Waals surface area contributed by atoms with Gasteiger partial charge in [0.05, 0.1) is 6.54 Å². The van der Waals surface area contributed by atoms with E-state index < -0.39 is 6.04 Å². The minimum Gasteiger partial charge on any atom is -0.489 e. The first-order valence-corrected chi connectivity index (χ1v) is 8.20. The predicted octanol–water partition coefficient (Wildman–Crippen LogP) is 1.74. The summed E-state index contributed by atoms with van der Waals surface area (Å²) in [5.41, 5.74) is 0.808. The average Bonchev–Trinajstić information content (AvgIpc) is 3.04. The molecule has 3 rings (SSSR count). The molecule has 0 aliphatic carbocycles. The lowest BCUT2D eigenvalue weighted by Gasteiger charge is -2.23. The van der Waals surface area contributed by atoms with E-state index in [2.05, 4.69) is 10.3 Å². The van der Waals surface area contributed by atoms with Crippen molar-refractivity contribution in [2.75, 3.05) is 19.7 Å². The van der Waals surface area contributed by atoms with Crippen LogP contribution in [-0.2, 0) is 9.59 Å². The Bertz CT molecular complexity index is 742. The smallest absolute Gasteiger partial charge is 0.242 e. The number of rotatable bonds is 6. The van der Waals surface area contributed by atoms with Gasteiger partial charge in [-0.3, -0.25) is 14.6 Å². The van der Waals surface area contributed by atoms with E-state index >= 15 is 0 Å². The molecule has 1 aromatic heterocycles. The molecule has 0 radical (unpaired) electrons. The molecule has 0 bridgehead atoms. The van der Waals surface area contributed by atoms with E-state index in [1.54, 1.807) is 18.0 Å². The maximum atomic E-state index is 12.1. The van der Waals surface area contributed by atoms with Crippen LogP contribution in [-0.4, -0.2) is 47.4 Å². The Kier molecular flexibility index (Phi) is 4.93. The molecule has 6 heteroatoms. The van der Waals surface area contributed by atoms with Gasteiger partial charge >= 0.3 is 0 Å². The number of benzene rings is 1. The predicted molar refractivity (Wildman–Crippen MR) is 90.7 cm³/mol. The van der Waals surface area contributed by atoms with Crippen LogP contribution in [0.4, 0.5) is 0 Å². The fourth-order valence-corrected chi connectivity index (χ4v) is 2.90. The number of carbonyl (C=O) groups is 2. The number of aromatic nitrogens is 1. The van der Waals surface area contributed by atoms with E-state index in [4.69, 9.17) is 4.74 Å². The van der Waals surface area contributed by atoms with Crippen LogP contribution in [0.3, 0.4) is 0 Å². The molecule has 1 aromatic carbocycles. The molecular weight excluding hydrogens is 306 g/mol. The highest BCUT2D eigenvalue weighted by molar-refractivity contribution is 5.88. The van der Waals surface area contributed by atoms with Crippen LogP contribution in [0.5, 0.6) is 5.75 Å². The maximum absolute atomic E-state index is 12.1. The zero-order valence-electron chi connectivity index (χ0n) is 13.7. The Morgan fingerprint density at radius 3 is 3.00 bits per heavy atom. The summed E-state index contributed by atoms with van der Waals surface area (Å²) in [6, 6.07) is 9.19. The molecule has 1 atom stereocenters. The van der Waals surface area contributed by atoms with Gasteiger partial charge in [0.25, 0.3) is 0 Å². The third-order valence-electron chi connectivity index (χ3n) is 4.21. The molecule has 1 saturated heterocycles. The van der Waals surface area contributed by atoms with Gasteiger partial charge in [-0.15, -0.1) is 0 Å². The van der Waals surface area contributed by atoms with Gasteiger partial charge in [-0.2, -0.15) is 0 Å². The number of likely N-dealkylation sites (tertiary alicyclic amines) is 1. The van der Waals surface area contributed by atoms with Crippen molar-refractivity contribution in [3.63, 3.8) is 0 Å². The fraction of sp³-hybridized carbons (Fsp3) is 0.389. The standard InChI is InChI=1S/C18H21N3O3/c1-13(21-11-4-8-16(21)22)18(23)20-10-12-24-15-7-2-5-14-6-3-9-19-17(14)15/h2-3,5-7,9,13H,4,8,10-12H2,1H3,(H,20,23). The van der Waals surface area contributed by atoms with Crippen molar-refractivity contribution in [3.05, 3.63) is 36.5 Å². The van der Waals surface area contributed by atoms with E-state index in [9.17, 15) is 9.59 Å². The summed E-state index contributed by atoms with van der Waals surface area (Å²) in [5.74, 6) is 0.603. The topological polar surface area (TPSA) is 71.5 Å². The van der Waals surface area contributed by atoms with Crippen LogP contribution in [0.1, 0.15) is 19.8 Å². The molecule has 1 unspecified atom stereocenters. The van der Waals surface area contributed by atoms with E-state index in [0.29, 0.717) is 31.9 Å². The Hall–Kier alpha value is -2.63. The molecule has 2 heterocycles. The largest absolute Gasteiger partial charge is 0.489 e. The molecular formula is C18H21N3O3. The van der Waals surface area contributed by atoms with Crippen LogP contribution in [0.2, 0.25) is 0 Å². The van der Waals surface area contributed by atoms with Crippen LogP contribution in [0.25, 0.3) is 10.9 Å². The van der Waals surface area contributed by atoms with Crippen molar-refractivity contribution >= 4 is 22.7 Å². The van der Waals surface area contributed by atoms with Gasteiger partial charge < -0.3 is 15.0 Å². The van der Waals surface area contributed by atoms with Crippen molar-refractivity contribution in [2.45, 2.75) is 25.8 Å². The normalized spacial score (nSPS) is 15.5. The lowest BCUT2D eigenvalue weighted by Crippen LogP contribution is -2.46. The van der Waals surface area contributed by atoms with Crippen LogP contribution >= 0.6 is 0 Å². The van der Waals surface area contributed by atoms with Gasteiger partial charge in [-0.1, -0.05) is 18.2 Å². The highest BCUT2D eigenvalue weighted by atomic mass is 16.5. The minimum atomic E-state index is -0.431. The number of para-hydroxylation sites is 1. The van der Waals surface area contributed by atoms with Gasteiger partial charge in [-0.25, -0.2) is 0 Å². The minimum absolute atomic E-state index is 0.0516. The van der Waals surface area contributed by atoms with Crippen LogP contribution < -0.4 is 10.1 Å². The molecule has 2 aromatic rings. The number of pyridine rings is 1. The number of hydrogen-bond acceptors (Lipinski definition) is 4. The Morgan fingerprint density at radius 2 is 2.21 bits per heavy atom. The second kappa shape index (κ2) is 7.29. The summed E-state index contributed by atoms with van der Waals surface area (Å²) in [6.07, 6.45) is 3.09. The van der Waals surface area contributed by atoms with E-state index in [1.165, 1.54) is 0 Å². The van der Waals surface area contributed by atoms with E-state index in [-0.39, 0.29) is 11.8 Å². The zero-order valence-corrected chi connectivity index (χ0v) is 13.7. The summed E-state index contributed by atoms with van der Waals surface area (Å²) >= 11 is 0. The summed E-state index contributed by atoms with van der Waals surface area (Å²) in [5, 5.41) is 3.83. The fourth-order valence-electron chi connectivity index (χ4n) is 2.90. The number of hydrogen-bond donors (Lipinski definition) is 1. The lowest BCUT2D eigenvalue weighted by molar-refractivity contribution is -0.136. The molecule has 24 heavy (non-hydrogen) atoms. The summed E-state index contributed by atoms with van der Waals surface area (Å²) in [6.45, 7) is 3.15. The van der Waals surface area contributed by atoms with Crippen molar-refractivity contribution < 1.29 is 14.3 Å². The molecule has 6 nitrogen and oxygen atoms in total. The molecule has 0 saturated carbocycles. The molecule has 1 fully saturated rings. The highest BCUT2D eigenvalue weighted by Crippen LogP contribution is 2.22. The van der Waals surface area contributed by atoms with Gasteiger partial charge in [-0.05, 0) is 25.5 Å². The second-order valence-corrected chi connectivity index (χ2v) is 5.84. The van der Waals surface area contributed by atoms with Gasteiger partial charge in [0.1, 0.15) is 23.9 Å². The third-order valence-corrected chi connectivity index (χ3v) is 4.21. The number of amides is 2.